The van der Waals surface area contributed by atoms with Crippen molar-refractivity contribution in [3.8, 4) is 0 Å². The van der Waals surface area contributed by atoms with Gasteiger partial charge in [0.1, 0.15) is 59.7 Å². The lowest BCUT2D eigenvalue weighted by atomic mass is 9.89. The predicted octanol–water partition coefficient (Wildman–Crippen LogP) is -4.97. The highest BCUT2D eigenvalue weighted by Crippen LogP contribution is 2.64. The minimum Gasteiger partial charge on any atom is -0.394 e. The Morgan fingerprint density at radius 2 is 1.85 bits per heavy atom. The molecule has 1 unspecified atom stereocenters. The Hall–Kier alpha value is -1.94. The van der Waals surface area contributed by atoms with Gasteiger partial charge in [0.15, 0.2) is 17.7 Å². The first kappa shape index (κ1) is 30.0. The molecule has 2 aliphatic rings. The summed E-state index contributed by atoms with van der Waals surface area (Å²) >= 11 is 0. The zero-order valence-corrected chi connectivity index (χ0v) is 21.3. The number of phosphoric ester groups is 1. The number of nitrogen functional groups attached to an aromatic ring is 1. The number of nitrogens with zero attached hydrogens (tertiary/aromatic N) is 4. The first-order valence-corrected chi connectivity index (χ1v) is 14.0. The van der Waals surface area contributed by atoms with Crippen molar-refractivity contribution >= 4 is 45.6 Å². The molecule has 0 radical (unpaired) electrons. The maximum Gasteiger partial charge on any atom is 0.484 e. The van der Waals surface area contributed by atoms with E-state index in [2.05, 4.69) is 19.3 Å². The molecule has 4 heterocycles. The maximum absolute atomic E-state index is 13.2. The molecule has 39 heavy (non-hydrogen) atoms. The number of aromatic nitrogens is 4. The van der Waals surface area contributed by atoms with Crippen LogP contribution in [0.2, 0.25) is 0 Å². The Kier molecular flexibility index (Phi) is 8.32. The van der Waals surface area contributed by atoms with Crippen molar-refractivity contribution in [1.82, 2.24) is 19.5 Å². The highest BCUT2D eigenvalue weighted by Gasteiger charge is 2.68. The second-order valence-electron chi connectivity index (χ2n) is 8.71. The quantitative estimate of drug-likeness (QED) is 0.0814. The van der Waals surface area contributed by atoms with Crippen LogP contribution in [0.4, 0.5) is 5.82 Å². The molecule has 23 heteroatoms. The van der Waals surface area contributed by atoms with Gasteiger partial charge in [0.05, 0.1) is 19.5 Å². The van der Waals surface area contributed by atoms with Crippen LogP contribution in [-0.2, 0) is 32.0 Å². The minimum absolute atomic E-state index is 0.0155. The lowest BCUT2D eigenvalue weighted by Crippen LogP contribution is -2.49. The van der Waals surface area contributed by atoms with Gasteiger partial charge in [0.2, 0.25) is 0 Å². The van der Waals surface area contributed by atoms with Crippen molar-refractivity contribution in [2.75, 3.05) is 18.9 Å². The maximum atomic E-state index is 13.2. The molecular formula is C16H24BN5O15P2. The van der Waals surface area contributed by atoms with Crippen LogP contribution in [0.25, 0.3) is 11.2 Å². The Labute approximate surface area is 218 Å². The number of aliphatic hydroxyl groups excluding tert-OH is 6. The van der Waals surface area contributed by atoms with Crippen molar-refractivity contribution in [2.24, 2.45) is 0 Å². The van der Waals surface area contributed by atoms with E-state index in [0.29, 0.717) is 0 Å². The van der Waals surface area contributed by atoms with Gasteiger partial charge in [0.25, 0.3) is 7.28 Å². The smallest absolute Gasteiger partial charge is 0.394 e. The molecule has 2 aromatic rings. The summed E-state index contributed by atoms with van der Waals surface area (Å²) < 4.78 is 45.4. The molecular weight excluding hydrogens is 575 g/mol. The van der Waals surface area contributed by atoms with Gasteiger partial charge in [-0.1, -0.05) is 0 Å². The fourth-order valence-corrected chi connectivity index (χ4v) is 6.33. The fraction of sp³-hybridized carbons (Fsp3) is 0.625. The van der Waals surface area contributed by atoms with Crippen LogP contribution in [0, 0.1) is 0 Å². The van der Waals surface area contributed by atoms with E-state index in [9.17, 15) is 49.2 Å². The summed E-state index contributed by atoms with van der Waals surface area (Å²) in [5.74, 6) is 0.0155. The zero-order valence-electron chi connectivity index (χ0n) is 19.5. The van der Waals surface area contributed by atoms with Crippen LogP contribution in [0.1, 0.15) is 6.23 Å². The summed E-state index contributed by atoms with van der Waals surface area (Å²) in [4.78, 5) is 42.3. The van der Waals surface area contributed by atoms with Gasteiger partial charge in [-0.2, -0.15) is 4.31 Å². The number of anilines is 1. The number of carbonyl (C=O) groups excluding carboxylic acids is 1. The number of fused-ring (bicyclic) bond motifs is 1. The predicted molar refractivity (Wildman–Crippen MR) is 123 cm³/mol. The van der Waals surface area contributed by atoms with E-state index in [-0.39, 0.29) is 17.0 Å². The largest absolute Gasteiger partial charge is 0.484 e. The van der Waals surface area contributed by atoms with Gasteiger partial charge in [-0.3, -0.25) is 13.6 Å². The number of hydrogen-bond acceptors (Lipinski definition) is 17. The molecule has 0 amide bonds. The molecule has 0 saturated carbocycles. The molecule has 2 fully saturated rings. The fourth-order valence-electron chi connectivity index (χ4n) is 3.91. The Morgan fingerprint density at radius 3 is 2.44 bits per heavy atom. The van der Waals surface area contributed by atoms with Crippen molar-refractivity contribution in [2.45, 2.75) is 48.4 Å². The summed E-state index contributed by atoms with van der Waals surface area (Å²) in [5, 5.41) is 59.8. The number of imidazole rings is 1. The molecule has 2 aliphatic heterocycles. The number of ether oxygens (including phenoxy) is 1. The second-order valence-corrected chi connectivity index (χ2v) is 11.7. The number of carbonyl (C=O) groups is 1. The molecule has 0 aliphatic carbocycles. The van der Waals surface area contributed by atoms with Crippen molar-refractivity contribution in [3.63, 3.8) is 0 Å². The number of phosphoric acid groups is 2. The van der Waals surface area contributed by atoms with Gasteiger partial charge in [-0.15, -0.1) is 0 Å². The lowest BCUT2D eigenvalue weighted by Gasteiger charge is -2.30. The van der Waals surface area contributed by atoms with Crippen molar-refractivity contribution in [1.29, 1.82) is 0 Å². The normalized spacial score (nSPS) is 31.0. The van der Waals surface area contributed by atoms with Crippen LogP contribution < -0.4 is 5.73 Å². The Morgan fingerprint density at radius 1 is 1.18 bits per heavy atom. The standard InChI is InChI=1S/C16H24BN5O15P2/c18-12-7-13(20-3-19-12)22(4-21-7)14-10(27)9(26)6(35-14)2-34-39(33,37-38(30,31)32)36-16(15(29)17-16)11(28)8(25)5(24)1-23/h3-6,8-11,14,17,23-28H,1-2H2,(H2,18,19,20)(H2,30,31,32)/t5-,6-,8-,9-,10-,11+,14-,16-,39?/m1/s1. The second kappa shape index (κ2) is 10.8. The number of hydrogen-bond donors (Lipinski definition) is 9. The third-order valence-corrected chi connectivity index (χ3v) is 8.69. The summed E-state index contributed by atoms with van der Waals surface area (Å²) in [6, 6.07) is 0. The van der Waals surface area contributed by atoms with Gasteiger partial charge < -0.3 is 55.7 Å². The summed E-state index contributed by atoms with van der Waals surface area (Å²) in [7, 11) is -11.9. The summed E-state index contributed by atoms with van der Waals surface area (Å²) in [5.41, 5.74) is 2.39. The third-order valence-electron chi connectivity index (χ3n) is 6.03. The van der Waals surface area contributed by atoms with E-state index in [0.717, 1.165) is 6.33 Å². The van der Waals surface area contributed by atoms with Crippen molar-refractivity contribution in [3.05, 3.63) is 12.7 Å². The molecule has 20 nitrogen and oxygen atoms in total. The van der Waals surface area contributed by atoms with Crippen molar-refractivity contribution < 1.29 is 72.4 Å². The van der Waals surface area contributed by atoms with Crippen LogP contribution in [0.3, 0.4) is 0 Å². The molecule has 216 valence electrons. The Bertz CT molecular complexity index is 1330. The first-order valence-electron chi connectivity index (χ1n) is 11.0. The van der Waals surface area contributed by atoms with Gasteiger partial charge in [0, 0.05) is 0 Å². The van der Waals surface area contributed by atoms with Crippen LogP contribution >= 0.6 is 15.6 Å². The molecule has 2 aromatic heterocycles. The average molecular weight is 599 g/mol. The van der Waals surface area contributed by atoms with Crippen LogP contribution in [0.15, 0.2) is 12.7 Å². The SMILES string of the molecule is Nc1ncnc2c1ncn2[C@@H]1O[C@H](COP(=O)(O[C@@]2([C@@H](O)[C@H](O)[C@H](O)CO)BC2=O)OP(=O)(O)O)[C@@H](O)[C@H]1O. The van der Waals surface area contributed by atoms with E-state index < -0.39 is 90.2 Å². The molecule has 9 atom stereocenters. The van der Waals surface area contributed by atoms with E-state index in [4.69, 9.17) is 24.6 Å². The highest BCUT2D eigenvalue weighted by molar-refractivity contribution is 7.61. The minimum atomic E-state index is -5.67. The molecule has 10 N–H and O–H groups in total. The van der Waals surface area contributed by atoms with Gasteiger partial charge in [-0.25, -0.2) is 24.1 Å². The molecule has 0 spiro atoms. The molecule has 2 saturated heterocycles. The summed E-state index contributed by atoms with van der Waals surface area (Å²) in [6.45, 7) is -2.07. The monoisotopic (exact) mass is 599 g/mol. The van der Waals surface area contributed by atoms with Crippen LogP contribution in [0.5, 0.6) is 0 Å². The van der Waals surface area contributed by atoms with E-state index in [1.165, 1.54) is 10.9 Å². The Balaban J connectivity index is 1.53. The summed E-state index contributed by atoms with van der Waals surface area (Å²) in [6.07, 6.45) is -10.6. The number of nitrogens with two attached hydrogens (primary N) is 1. The topological polar surface area (TPSA) is 320 Å². The van der Waals surface area contributed by atoms with E-state index in [1.807, 2.05) is 0 Å². The van der Waals surface area contributed by atoms with Gasteiger partial charge >= 0.3 is 15.6 Å². The van der Waals surface area contributed by atoms with Crippen LogP contribution in [-0.4, -0.2) is 128 Å². The average Bonchev–Trinajstić information content (AvgIpc) is 3.17. The highest BCUT2D eigenvalue weighted by atomic mass is 31.3. The van der Waals surface area contributed by atoms with Gasteiger partial charge in [-0.05, 0) is 0 Å². The molecule has 4 rings (SSSR count). The lowest BCUT2D eigenvalue weighted by molar-refractivity contribution is -0.136. The zero-order chi connectivity index (χ0) is 28.9. The van der Waals surface area contributed by atoms with E-state index >= 15 is 0 Å². The first-order chi connectivity index (χ1) is 18.1. The molecule has 0 aromatic carbocycles. The number of aliphatic hydroxyl groups is 6. The third kappa shape index (κ3) is 5.92. The van der Waals surface area contributed by atoms with E-state index in [1.54, 1.807) is 0 Å². The number of rotatable bonds is 12. The molecule has 0 bridgehead atoms.